The Bertz CT molecular complexity index is 983. The van der Waals surface area contributed by atoms with Gasteiger partial charge in [-0.15, -0.1) is 11.3 Å². The molecule has 2 nitrogen and oxygen atoms in total. The Balaban J connectivity index is 2.14. The van der Waals surface area contributed by atoms with Gasteiger partial charge in [0, 0.05) is 10.4 Å². The Kier molecular flexibility index (Phi) is 3.13. The molecule has 0 saturated carbocycles. The maximum atomic E-state index is 13.0. The summed E-state index contributed by atoms with van der Waals surface area (Å²) in [5, 5.41) is 2.59. The average Bonchev–Trinajstić information content (AvgIpc) is 3.10. The van der Waals surface area contributed by atoms with Crippen LogP contribution in [0.3, 0.4) is 0 Å². The van der Waals surface area contributed by atoms with E-state index in [2.05, 4.69) is 0 Å². The zero-order chi connectivity index (χ0) is 14.9. The molecule has 2 heterocycles. The molecule has 0 N–H and O–H groups in total. The molecule has 2 aromatic carbocycles. The summed E-state index contributed by atoms with van der Waals surface area (Å²) in [4.78, 5) is 13.9. The van der Waals surface area contributed by atoms with Gasteiger partial charge in [-0.05, 0) is 23.6 Å². The molecule has 3 heteroatoms. The predicted molar refractivity (Wildman–Crippen MR) is 91.2 cm³/mol. The fourth-order valence-electron chi connectivity index (χ4n) is 2.58. The first-order valence-electron chi connectivity index (χ1n) is 7.00. The van der Waals surface area contributed by atoms with Crippen molar-refractivity contribution in [2.45, 2.75) is 0 Å². The molecule has 22 heavy (non-hydrogen) atoms. The van der Waals surface area contributed by atoms with Crippen LogP contribution in [0.5, 0.6) is 0 Å². The predicted octanol–water partition coefficient (Wildman–Crippen LogP) is 5.19. The Morgan fingerprint density at radius 2 is 1.59 bits per heavy atom. The highest BCUT2D eigenvalue weighted by molar-refractivity contribution is 7.13. The number of hydrogen-bond donors (Lipinski definition) is 0. The third kappa shape index (κ3) is 2.07. The van der Waals surface area contributed by atoms with E-state index in [9.17, 15) is 4.79 Å². The first kappa shape index (κ1) is 13.0. The number of thiophene rings is 1. The fraction of sp³-hybridized carbons (Fsp3) is 0. The van der Waals surface area contributed by atoms with E-state index in [1.807, 2.05) is 72.1 Å². The van der Waals surface area contributed by atoms with Gasteiger partial charge < -0.3 is 4.42 Å². The lowest BCUT2D eigenvalue weighted by Gasteiger charge is -2.09. The lowest BCUT2D eigenvalue weighted by molar-refractivity contribution is 0.621. The smallest absolute Gasteiger partial charge is 0.201 e. The minimum atomic E-state index is 0.0168. The fourth-order valence-corrected chi connectivity index (χ4v) is 3.34. The van der Waals surface area contributed by atoms with Gasteiger partial charge in [-0.25, -0.2) is 0 Å². The normalized spacial score (nSPS) is 10.9. The number of benzene rings is 2. The van der Waals surface area contributed by atoms with Gasteiger partial charge in [0.2, 0.25) is 5.43 Å². The van der Waals surface area contributed by atoms with Crippen molar-refractivity contribution in [2.75, 3.05) is 0 Å². The molecule has 0 aliphatic carbocycles. The number of hydrogen-bond acceptors (Lipinski definition) is 3. The van der Waals surface area contributed by atoms with Crippen LogP contribution >= 0.6 is 11.3 Å². The molecule has 0 saturated heterocycles. The molecular formula is C19H12O2S. The first-order chi connectivity index (χ1) is 10.8. The van der Waals surface area contributed by atoms with Gasteiger partial charge >= 0.3 is 0 Å². The van der Waals surface area contributed by atoms with E-state index in [0.29, 0.717) is 22.3 Å². The summed E-state index contributed by atoms with van der Waals surface area (Å²) in [5.41, 5.74) is 2.18. The molecule has 0 atom stereocenters. The highest BCUT2D eigenvalue weighted by atomic mass is 32.1. The van der Waals surface area contributed by atoms with Crippen LogP contribution in [0.1, 0.15) is 0 Å². The van der Waals surface area contributed by atoms with Gasteiger partial charge in [0.1, 0.15) is 11.3 Å². The van der Waals surface area contributed by atoms with Crippen molar-refractivity contribution < 1.29 is 4.42 Å². The molecule has 0 aliphatic rings. The minimum absolute atomic E-state index is 0.0168. The quantitative estimate of drug-likeness (QED) is 0.510. The molecule has 0 fully saturated rings. The van der Waals surface area contributed by atoms with Crippen LogP contribution in [-0.4, -0.2) is 0 Å². The van der Waals surface area contributed by atoms with Crippen molar-refractivity contribution in [3.63, 3.8) is 0 Å². The van der Waals surface area contributed by atoms with Crippen LogP contribution < -0.4 is 5.43 Å². The maximum absolute atomic E-state index is 13.0. The van der Waals surface area contributed by atoms with E-state index in [4.69, 9.17) is 4.42 Å². The summed E-state index contributed by atoms with van der Waals surface area (Å²) >= 11 is 1.55. The van der Waals surface area contributed by atoms with Crippen LogP contribution in [0.2, 0.25) is 0 Å². The van der Waals surface area contributed by atoms with Crippen molar-refractivity contribution >= 4 is 22.3 Å². The molecule has 0 bridgehead atoms. The summed E-state index contributed by atoms with van der Waals surface area (Å²) in [6, 6.07) is 21.1. The zero-order valence-electron chi connectivity index (χ0n) is 11.7. The van der Waals surface area contributed by atoms with Gasteiger partial charge in [-0.1, -0.05) is 48.5 Å². The number of fused-ring (bicyclic) bond motifs is 1. The van der Waals surface area contributed by atoms with Crippen LogP contribution in [-0.2, 0) is 0 Å². The summed E-state index contributed by atoms with van der Waals surface area (Å²) in [5.74, 6) is 0.631. The summed E-state index contributed by atoms with van der Waals surface area (Å²) in [6.07, 6.45) is 0. The molecule has 0 unspecified atom stereocenters. The minimum Gasteiger partial charge on any atom is -0.455 e. The molecule has 0 spiro atoms. The van der Waals surface area contributed by atoms with E-state index in [0.717, 1.165) is 10.4 Å². The standard InChI is InChI=1S/C19H12O2S/c20-18-14-9-4-5-10-15(14)21-19(13-7-2-1-3-8-13)17(18)16-11-6-12-22-16/h1-12H. The second-order valence-corrected chi connectivity index (χ2v) is 5.92. The van der Waals surface area contributed by atoms with Crippen molar-refractivity contribution in [3.05, 3.63) is 82.3 Å². The topological polar surface area (TPSA) is 30.2 Å². The second kappa shape index (κ2) is 5.28. The molecular weight excluding hydrogens is 292 g/mol. The van der Waals surface area contributed by atoms with Crippen LogP contribution in [0, 0.1) is 0 Å². The first-order valence-corrected chi connectivity index (χ1v) is 7.88. The Morgan fingerprint density at radius 3 is 2.36 bits per heavy atom. The van der Waals surface area contributed by atoms with Gasteiger partial charge in [0.25, 0.3) is 0 Å². The highest BCUT2D eigenvalue weighted by Gasteiger charge is 2.17. The summed E-state index contributed by atoms with van der Waals surface area (Å²) in [6.45, 7) is 0. The van der Waals surface area contributed by atoms with Crippen LogP contribution in [0.4, 0.5) is 0 Å². The van der Waals surface area contributed by atoms with Gasteiger partial charge in [-0.2, -0.15) is 0 Å². The average molecular weight is 304 g/mol. The van der Waals surface area contributed by atoms with Crippen LogP contribution in [0.25, 0.3) is 32.7 Å². The molecule has 0 radical (unpaired) electrons. The largest absolute Gasteiger partial charge is 0.455 e. The van der Waals surface area contributed by atoms with E-state index in [-0.39, 0.29) is 5.43 Å². The number of para-hydroxylation sites is 1. The molecule has 0 aliphatic heterocycles. The monoisotopic (exact) mass is 304 g/mol. The molecule has 0 amide bonds. The molecule has 106 valence electrons. The van der Waals surface area contributed by atoms with Crippen molar-refractivity contribution in [1.29, 1.82) is 0 Å². The van der Waals surface area contributed by atoms with E-state index in [1.54, 1.807) is 11.3 Å². The van der Waals surface area contributed by atoms with Crippen molar-refractivity contribution in [2.24, 2.45) is 0 Å². The lowest BCUT2D eigenvalue weighted by Crippen LogP contribution is -2.06. The lowest BCUT2D eigenvalue weighted by atomic mass is 10.0. The second-order valence-electron chi connectivity index (χ2n) is 4.97. The third-order valence-electron chi connectivity index (χ3n) is 3.60. The number of rotatable bonds is 2. The summed E-state index contributed by atoms with van der Waals surface area (Å²) < 4.78 is 6.09. The van der Waals surface area contributed by atoms with Crippen molar-refractivity contribution in [3.8, 4) is 21.8 Å². The molecule has 4 aromatic rings. The SMILES string of the molecule is O=c1c(-c2cccs2)c(-c2ccccc2)oc2ccccc12. The van der Waals surface area contributed by atoms with Gasteiger partial charge in [0.15, 0.2) is 0 Å². The molecule has 4 rings (SSSR count). The van der Waals surface area contributed by atoms with Crippen molar-refractivity contribution in [1.82, 2.24) is 0 Å². The Labute approximate surface area is 131 Å². The van der Waals surface area contributed by atoms with Gasteiger partial charge in [-0.3, -0.25) is 4.79 Å². The van der Waals surface area contributed by atoms with Crippen LogP contribution in [0.15, 0.2) is 81.3 Å². The van der Waals surface area contributed by atoms with E-state index in [1.165, 1.54) is 0 Å². The zero-order valence-corrected chi connectivity index (χ0v) is 12.5. The summed E-state index contributed by atoms with van der Waals surface area (Å²) in [7, 11) is 0. The third-order valence-corrected chi connectivity index (χ3v) is 4.49. The van der Waals surface area contributed by atoms with E-state index < -0.39 is 0 Å². The molecule has 2 aromatic heterocycles. The Morgan fingerprint density at radius 1 is 0.818 bits per heavy atom. The maximum Gasteiger partial charge on any atom is 0.201 e. The van der Waals surface area contributed by atoms with Gasteiger partial charge in [0.05, 0.1) is 10.9 Å². The Hall–Kier alpha value is -2.65. The van der Waals surface area contributed by atoms with E-state index >= 15 is 0 Å². The highest BCUT2D eigenvalue weighted by Crippen LogP contribution is 2.34.